The number of benzene rings is 2. The number of likely N-dealkylation sites (N-methyl/N-ethyl adjacent to an activating group) is 1. The van der Waals surface area contributed by atoms with Crippen LogP contribution >= 0.6 is 0 Å². The van der Waals surface area contributed by atoms with Crippen LogP contribution in [0.1, 0.15) is 10.4 Å². The number of rotatable bonds is 4. The summed E-state index contributed by atoms with van der Waals surface area (Å²) in [7, 11) is -1.64. The van der Waals surface area contributed by atoms with E-state index in [1.165, 1.54) is 12.1 Å². The maximum atomic E-state index is 12.5. The molecule has 0 spiro atoms. The molecule has 0 bridgehead atoms. The molecule has 1 aliphatic rings. The van der Waals surface area contributed by atoms with Crippen molar-refractivity contribution in [2.45, 2.75) is 4.90 Å². The molecule has 0 atom stereocenters. The Hall–Kier alpha value is -2.09. The molecular formula is C18H21ClN3O3S-. The molecule has 8 heteroatoms. The van der Waals surface area contributed by atoms with Crippen molar-refractivity contribution in [1.29, 1.82) is 0 Å². The van der Waals surface area contributed by atoms with E-state index in [2.05, 4.69) is 9.62 Å². The second-order valence-corrected chi connectivity index (χ2v) is 7.77. The first kappa shape index (κ1) is 20.2. The van der Waals surface area contributed by atoms with Gasteiger partial charge < -0.3 is 22.2 Å². The molecule has 1 fully saturated rings. The summed E-state index contributed by atoms with van der Waals surface area (Å²) in [5.41, 5.74) is 1.00. The zero-order chi connectivity index (χ0) is 17.9. The first-order chi connectivity index (χ1) is 12.0. The lowest BCUT2D eigenvalue weighted by Gasteiger charge is -2.32. The van der Waals surface area contributed by atoms with E-state index >= 15 is 0 Å². The molecule has 140 valence electrons. The SMILES string of the molecule is CN1CCN(C(=O)c2ccc(S(=O)(=O)Nc3ccccc3)cc2)CC1.[Cl-]. The second-order valence-electron chi connectivity index (χ2n) is 6.09. The maximum absolute atomic E-state index is 12.5. The standard InChI is InChI=1S/C18H21N3O3S.ClH/c1-20-11-13-21(14-12-20)18(22)15-7-9-17(10-8-15)25(23,24)19-16-5-3-2-4-6-16;/h2-10,19H,11-14H2,1H3;1H/p-1. The Morgan fingerprint density at radius 3 is 2.08 bits per heavy atom. The van der Waals surface area contributed by atoms with Crippen LogP contribution < -0.4 is 17.1 Å². The van der Waals surface area contributed by atoms with Crippen LogP contribution in [0.25, 0.3) is 0 Å². The van der Waals surface area contributed by atoms with Gasteiger partial charge in [-0.1, -0.05) is 18.2 Å². The molecule has 3 rings (SSSR count). The Morgan fingerprint density at radius 2 is 1.50 bits per heavy atom. The molecule has 6 nitrogen and oxygen atoms in total. The van der Waals surface area contributed by atoms with Crippen molar-refractivity contribution in [3.63, 3.8) is 0 Å². The first-order valence-corrected chi connectivity index (χ1v) is 9.60. The van der Waals surface area contributed by atoms with Gasteiger partial charge in [-0.3, -0.25) is 9.52 Å². The van der Waals surface area contributed by atoms with E-state index in [0.717, 1.165) is 13.1 Å². The van der Waals surface area contributed by atoms with E-state index in [1.54, 1.807) is 41.3 Å². The van der Waals surface area contributed by atoms with E-state index in [0.29, 0.717) is 24.3 Å². The number of hydrogen-bond donors (Lipinski definition) is 1. The fourth-order valence-corrected chi connectivity index (χ4v) is 3.75. The van der Waals surface area contributed by atoms with Crippen LogP contribution in [0.5, 0.6) is 0 Å². The molecule has 2 aromatic rings. The highest BCUT2D eigenvalue weighted by Gasteiger charge is 2.21. The van der Waals surface area contributed by atoms with E-state index in [-0.39, 0.29) is 23.2 Å². The highest BCUT2D eigenvalue weighted by molar-refractivity contribution is 7.92. The van der Waals surface area contributed by atoms with Gasteiger partial charge in [0.25, 0.3) is 15.9 Å². The van der Waals surface area contributed by atoms with Crippen LogP contribution in [0, 0.1) is 0 Å². The normalized spacial score (nSPS) is 15.2. The van der Waals surface area contributed by atoms with Crippen LogP contribution in [0.4, 0.5) is 5.69 Å². The largest absolute Gasteiger partial charge is 1.00 e. The third kappa shape index (κ3) is 4.75. The van der Waals surface area contributed by atoms with E-state index in [4.69, 9.17) is 0 Å². The zero-order valence-corrected chi connectivity index (χ0v) is 16.0. The third-order valence-corrected chi connectivity index (χ3v) is 5.63. The molecule has 26 heavy (non-hydrogen) atoms. The van der Waals surface area contributed by atoms with Gasteiger partial charge in [0.1, 0.15) is 0 Å². The fourth-order valence-electron chi connectivity index (χ4n) is 2.69. The number of piperazine rings is 1. The number of hydrogen-bond acceptors (Lipinski definition) is 4. The molecular weight excluding hydrogens is 374 g/mol. The van der Waals surface area contributed by atoms with Gasteiger partial charge in [0, 0.05) is 37.4 Å². The molecule has 0 radical (unpaired) electrons. The highest BCUT2D eigenvalue weighted by Crippen LogP contribution is 2.17. The molecule has 1 amide bonds. The molecule has 1 aliphatic heterocycles. The molecule has 2 aromatic carbocycles. The number of anilines is 1. The zero-order valence-electron chi connectivity index (χ0n) is 14.4. The highest BCUT2D eigenvalue weighted by atomic mass is 35.5. The molecule has 1 N–H and O–H groups in total. The summed E-state index contributed by atoms with van der Waals surface area (Å²) in [6.45, 7) is 3.06. The van der Waals surface area contributed by atoms with Crippen molar-refractivity contribution in [3.05, 3.63) is 60.2 Å². The quantitative estimate of drug-likeness (QED) is 0.713. The Bertz CT molecular complexity index is 834. The molecule has 0 aromatic heterocycles. The van der Waals surface area contributed by atoms with Gasteiger partial charge in [-0.05, 0) is 43.4 Å². The van der Waals surface area contributed by atoms with Gasteiger partial charge in [-0.25, -0.2) is 8.42 Å². The molecule has 1 heterocycles. The van der Waals surface area contributed by atoms with Gasteiger partial charge in [-0.2, -0.15) is 0 Å². The predicted octanol–water partition coefficient (Wildman–Crippen LogP) is -1.12. The van der Waals surface area contributed by atoms with Crippen LogP contribution in [0.3, 0.4) is 0 Å². The monoisotopic (exact) mass is 394 g/mol. The predicted molar refractivity (Wildman–Crippen MR) is 97.1 cm³/mol. The summed E-state index contributed by atoms with van der Waals surface area (Å²) in [5, 5.41) is 0. The number of sulfonamides is 1. The Kier molecular flexibility index (Phi) is 6.63. The number of carbonyl (C=O) groups is 1. The van der Waals surface area contributed by atoms with Crippen LogP contribution in [0.15, 0.2) is 59.5 Å². The van der Waals surface area contributed by atoms with Crippen LogP contribution in [0.2, 0.25) is 0 Å². The minimum Gasteiger partial charge on any atom is -1.00 e. The number of halogens is 1. The lowest BCUT2D eigenvalue weighted by Crippen LogP contribution is -3.00. The maximum Gasteiger partial charge on any atom is 0.261 e. The van der Waals surface area contributed by atoms with E-state index in [1.807, 2.05) is 13.1 Å². The molecule has 0 unspecified atom stereocenters. The Morgan fingerprint density at radius 1 is 0.923 bits per heavy atom. The average Bonchev–Trinajstić information content (AvgIpc) is 2.62. The number of nitrogens with one attached hydrogen (secondary N) is 1. The van der Waals surface area contributed by atoms with E-state index in [9.17, 15) is 13.2 Å². The van der Waals surface area contributed by atoms with Crippen molar-refractivity contribution in [3.8, 4) is 0 Å². The van der Waals surface area contributed by atoms with Crippen molar-refractivity contribution in [2.75, 3.05) is 37.9 Å². The summed E-state index contributed by atoms with van der Waals surface area (Å²) in [5.74, 6) is -0.0620. The molecule has 0 aliphatic carbocycles. The van der Waals surface area contributed by atoms with Crippen molar-refractivity contribution < 1.29 is 25.6 Å². The Labute approximate surface area is 160 Å². The third-order valence-electron chi connectivity index (χ3n) is 4.23. The van der Waals surface area contributed by atoms with Crippen molar-refractivity contribution >= 4 is 21.6 Å². The van der Waals surface area contributed by atoms with Gasteiger partial charge in [0.15, 0.2) is 0 Å². The summed E-state index contributed by atoms with van der Waals surface area (Å²) in [4.78, 5) is 16.6. The Balaban J connectivity index is 0.00000243. The summed E-state index contributed by atoms with van der Waals surface area (Å²) < 4.78 is 27.3. The van der Waals surface area contributed by atoms with Gasteiger partial charge in [0.2, 0.25) is 0 Å². The van der Waals surface area contributed by atoms with Gasteiger partial charge >= 0.3 is 0 Å². The number of amides is 1. The second kappa shape index (κ2) is 8.53. The van der Waals surface area contributed by atoms with Crippen molar-refractivity contribution in [1.82, 2.24) is 9.80 Å². The average molecular weight is 395 g/mol. The van der Waals surface area contributed by atoms with Gasteiger partial charge in [-0.15, -0.1) is 0 Å². The van der Waals surface area contributed by atoms with E-state index < -0.39 is 10.0 Å². The minimum atomic E-state index is -3.67. The lowest BCUT2D eigenvalue weighted by atomic mass is 10.2. The van der Waals surface area contributed by atoms with Crippen LogP contribution in [-0.2, 0) is 10.0 Å². The number of para-hydroxylation sites is 1. The van der Waals surface area contributed by atoms with Gasteiger partial charge in [0.05, 0.1) is 4.90 Å². The lowest BCUT2D eigenvalue weighted by molar-refractivity contribution is -0.0000180. The summed E-state index contributed by atoms with van der Waals surface area (Å²) >= 11 is 0. The first-order valence-electron chi connectivity index (χ1n) is 8.11. The summed E-state index contributed by atoms with van der Waals surface area (Å²) in [6, 6.07) is 14.8. The number of nitrogens with zero attached hydrogens (tertiary/aromatic N) is 2. The number of carbonyl (C=O) groups excluding carboxylic acids is 1. The van der Waals surface area contributed by atoms with Crippen LogP contribution in [-0.4, -0.2) is 57.4 Å². The smallest absolute Gasteiger partial charge is 0.261 e. The molecule has 1 saturated heterocycles. The fraction of sp³-hybridized carbons (Fsp3) is 0.278. The van der Waals surface area contributed by atoms with Crippen molar-refractivity contribution in [2.24, 2.45) is 0 Å². The molecule has 0 saturated carbocycles. The minimum absolute atomic E-state index is 0. The topological polar surface area (TPSA) is 69.7 Å². The summed E-state index contributed by atoms with van der Waals surface area (Å²) in [6.07, 6.45) is 0.